The lowest BCUT2D eigenvalue weighted by atomic mass is 9.64. The largest absolute Gasteiger partial charge is 0.461 e. The Balaban J connectivity index is 2.27. The lowest BCUT2D eigenvalue weighted by Crippen LogP contribution is -2.44. The summed E-state index contributed by atoms with van der Waals surface area (Å²) in [5, 5.41) is 1.38. The molecule has 1 heteroatoms. The molecule has 4 bridgehead atoms. The highest BCUT2D eigenvalue weighted by molar-refractivity contribution is 5.83. The van der Waals surface area contributed by atoms with Gasteiger partial charge in [0.1, 0.15) is 11.2 Å². The number of hydrogen-bond acceptors (Lipinski definition) is 1. The predicted molar refractivity (Wildman–Crippen MR) is 73.5 cm³/mol. The van der Waals surface area contributed by atoms with Crippen LogP contribution in [0.1, 0.15) is 39.0 Å². The predicted octanol–water partition coefficient (Wildman–Crippen LogP) is 2.76. The van der Waals surface area contributed by atoms with E-state index in [0.29, 0.717) is 0 Å². The van der Waals surface area contributed by atoms with Gasteiger partial charge in [-0.05, 0) is 69.4 Å². The molecule has 1 heterocycles. The highest BCUT2D eigenvalue weighted by atomic mass is 16.3. The van der Waals surface area contributed by atoms with Crippen LogP contribution in [-0.4, -0.2) is 0 Å². The minimum Gasteiger partial charge on any atom is -0.461 e. The molecule has 0 saturated heterocycles. The van der Waals surface area contributed by atoms with Crippen molar-refractivity contribution < 1.29 is 4.42 Å². The monoisotopic (exact) mass is 238 g/mol. The molecular weight excluding hydrogens is 220 g/mol. The molecule has 0 radical (unpaired) electrons. The Bertz CT molecular complexity index is 795. The van der Waals surface area contributed by atoms with E-state index in [1.54, 1.807) is 5.57 Å². The third-order valence-corrected chi connectivity index (χ3v) is 5.43. The second-order valence-electron chi connectivity index (χ2n) is 6.04. The first-order valence-electron chi connectivity index (χ1n) is 6.69. The quantitative estimate of drug-likeness (QED) is 0.677. The Hall–Kier alpha value is -1.50. The molecule has 0 amide bonds. The van der Waals surface area contributed by atoms with Gasteiger partial charge in [-0.25, -0.2) is 0 Å². The molecule has 0 aliphatic heterocycles. The van der Waals surface area contributed by atoms with Crippen molar-refractivity contribution in [1.29, 1.82) is 0 Å². The van der Waals surface area contributed by atoms with Crippen molar-refractivity contribution in [2.24, 2.45) is 5.41 Å². The Labute approximate surface area is 107 Å². The molecule has 0 N–H and O–H groups in total. The van der Waals surface area contributed by atoms with Crippen molar-refractivity contribution in [2.45, 2.75) is 41.0 Å². The highest BCUT2D eigenvalue weighted by Crippen LogP contribution is 2.55. The van der Waals surface area contributed by atoms with Gasteiger partial charge in [0.2, 0.25) is 0 Å². The smallest absolute Gasteiger partial charge is 0.132 e. The summed E-state index contributed by atoms with van der Waals surface area (Å²) in [4.78, 5) is 0. The van der Waals surface area contributed by atoms with Crippen molar-refractivity contribution in [2.75, 3.05) is 0 Å². The van der Waals surface area contributed by atoms with Gasteiger partial charge in [0.05, 0.1) is 0 Å². The molecule has 0 aromatic carbocycles. The Morgan fingerprint density at radius 1 is 1.00 bits per heavy atom. The van der Waals surface area contributed by atoms with Crippen molar-refractivity contribution in [3.8, 4) is 0 Å². The number of aryl methyl sites for hydroxylation is 1. The van der Waals surface area contributed by atoms with Gasteiger partial charge in [-0.3, -0.25) is 0 Å². The molecule has 0 saturated carbocycles. The van der Waals surface area contributed by atoms with E-state index in [4.69, 9.17) is 4.42 Å². The first-order chi connectivity index (χ1) is 8.47. The average molecular weight is 238 g/mol. The van der Waals surface area contributed by atoms with Crippen molar-refractivity contribution in [3.05, 3.63) is 44.3 Å². The molecule has 92 valence electrons. The summed E-state index contributed by atoms with van der Waals surface area (Å²) in [7, 11) is 0. The van der Waals surface area contributed by atoms with Crippen molar-refractivity contribution in [1.82, 2.24) is 0 Å². The zero-order chi connectivity index (χ0) is 12.8. The summed E-state index contributed by atoms with van der Waals surface area (Å²) in [5.74, 6) is 1.11. The molecule has 4 aliphatic rings. The lowest BCUT2D eigenvalue weighted by molar-refractivity contribution is 0.497. The topological polar surface area (TPSA) is 13.1 Å². The minimum absolute atomic E-state index is 0.114. The maximum absolute atomic E-state index is 5.95. The van der Waals surface area contributed by atoms with Gasteiger partial charge < -0.3 is 4.42 Å². The highest BCUT2D eigenvalue weighted by Gasteiger charge is 2.48. The zero-order valence-electron chi connectivity index (χ0n) is 11.7. The summed E-state index contributed by atoms with van der Waals surface area (Å²) in [5.41, 5.74) is 10.1. The van der Waals surface area contributed by atoms with Crippen LogP contribution in [0, 0.1) is 12.3 Å². The summed E-state index contributed by atoms with van der Waals surface area (Å²) < 4.78 is 5.95. The third-order valence-electron chi connectivity index (χ3n) is 5.43. The molecule has 1 nitrogen and oxygen atoms in total. The number of rotatable bonds is 0. The van der Waals surface area contributed by atoms with Crippen LogP contribution in [0.2, 0.25) is 0 Å². The van der Waals surface area contributed by atoms with Crippen LogP contribution in [0.3, 0.4) is 0 Å². The normalized spacial score (nSPS) is 28.2. The third kappa shape index (κ3) is 0.828. The Morgan fingerprint density at radius 2 is 1.72 bits per heavy atom. The molecule has 4 aliphatic carbocycles. The molecule has 1 unspecified atom stereocenters. The van der Waals surface area contributed by atoms with Crippen molar-refractivity contribution in [3.63, 3.8) is 0 Å². The number of furan rings is 1. The Kier molecular flexibility index (Phi) is 1.59. The van der Waals surface area contributed by atoms with E-state index in [2.05, 4.69) is 40.7 Å². The van der Waals surface area contributed by atoms with E-state index in [0.717, 1.165) is 17.6 Å². The summed E-state index contributed by atoms with van der Waals surface area (Å²) in [6.45, 7) is 11.2. The van der Waals surface area contributed by atoms with Crippen LogP contribution in [0.5, 0.6) is 0 Å². The average Bonchev–Trinajstić information content (AvgIpc) is 2.66. The first-order valence-corrected chi connectivity index (χ1v) is 6.69. The number of allylic oxidation sites excluding steroid dienone is 4. The standard InChI is InChI=1S/C17H18O/c1-8-9(2)16-10(3)15-13-6-17(16,11(8)4)7-14(15)18-12(13)5/h7H,6H2,1-5H3. The van der Waals surface area contributed by atoms with Crippen LogP contribution >= 0.6 is 0 Å². The number of hydrogen-bond donors (Lipinski definition) is 0. The molecule has 1 aromatic heterocycles. The Morgan fingerprint density at radius 3 is 2.39 bits per heavy atom. The SMILES string of the molecule is CC1=C(C)C23C=c4oc(C)c(c4=C(C)C2=C1C)C3. The molecule has 1 spiro atoms. The van der Waals surface area contributed by atoms with E-state index < -0.39 is 0 Å². The molecule has 1 atom stereocenters. The van der Waals surface area contributed by atoms with Gasteiger partial charge in [0.15, 0.2) is 0 Å². The van der Waals surface area contributed by atoms with Gasteiger partial charge in [-0.1, -0.05) is 5.57 Å². The van der Waals surface area contributed by atoms with Gasteiger partial charge in [0.25, 0.3) is 0 Å². The van der Waals surface area contributed by atoms with E-state index in [1.165, 1.54) is 33.1 Å². The molecule has 18 heavy (non-hydrogen) atoms. The van der Waals surface area contributed by atoms with Gasteiger partial charge in [-0.15, -0.1) is 0 Å². The molecule has 1 aromatic rings. The molecular formula is C17H18O. The van der Waals surface area contributed by atoms with Crippen LogP contribution < -0.4 is 10.6 Å². The fourth-order valence-corrected chi connectivity index (χ4v) is 4.35. The molecule has 0 fully saturated rings. The summed E-state index contributed by atoms with van der Waals surface area (Å²) in [6, 6.07) is 0. The van der Waals surface area contributed by atoms with E-state index >= 15 is 0 Å². The summed E-state index contributed by atoms with van der Waals surface area (Å²) in [6.07, 6.45) is 3.48. The van der Waals surface area contributed by atoms with E-state index in [1.807, 2.05) is 0 Å². The first kappa shape index (κ1) is 10.4. The van der Waals surface area contributed by atoms with Crippen LogP contribution in [0.4, 0.5) is 0 Å². The second-order valence-corrected chi connectivity index (χ2v) is 6.04. The maximum atomic E-state index is 5.95. The van der Waals surface area contributed by atoms with Gasteiger partial charge >= 0.3 is 0 Å². The fraction of sp³-hybridized carbons (Fsp3) is 0.412. The second kappa shape index (κ2) is 2.74. The minimum atomic E-state index is 0.114. The van der Waals surface area contributed by atoms with Crippen LogP contribution in [-0.2, 0) is 6.42 Å². The lowest BCUT2D eigenvalue weighted by Gasteiger charge is -2.37. The van der Waals surface area contributed by atoms with E-state index in [-0.39, 0.29) is 5.41 Å². The van der Waals surface area contributed by atoms with Crippen LogP contribution in [0.15, 0.2) is 26.7 Å². The van der Waals surface area contributed by atoms with Crippen molar-refractivity contribution >= 4 is 11.6 Å². The molecule has 5 rings (SSSR count). The van der Waals surface area contributed by atoms with Gasteiger partial charge in [0, 0.05) is 16.2 Å². The van der Waals surface area contributed by atoms with Crippen LogP contribution in [0.25, 0.3) is 11.6 Å². The van der Waals surface area contributed by atoms with E-state index in [9.17, 15) is 0 Å². The zero-order valence-corrected chi connectivity index (χ0v) is 11.7. The fourth-order valence-electron chi connectivity index (χ4n) is 4.35. The summed E-state index contributed by atoms with van der Waals surface area (Å²) >= 11 is 0. The van der Waals surface area contributed by atoms with Gasteiger partial charge in [-0.2, -0.15) is 0 Å². The maximum Gasteiger partial charge on any atom is 0.132 e.